The maximum atomic E-state index is 12.4. The van der Waals surface area contributed by atoms with E-state index in [0.717, 1.165) is 16.8 Å². The summed E-state index contributed by atoms with van der Waals surface area (Å²) in [4.78, 5) is 24.2. The average molecular weight is 246 g/mol. The van der Waals surface area contributed by atoms with E-state index in [1.165, 1.54) is 0 Å². The summed E-state index contributed by atoms with van der Waals surface area (Å²) in [6.45, 7) is -0.979. The van der Waals surface area contributed by atoms with E-state index < -0.39 is 42.5 Å². The normalized spacial score (nSPS) is 32.9. The van der Waals surface area contributed by atoms with Gasteiger partial charge in [0.2, 0.25) is 0 Å². The Morgan fingerprint density at radius 1 is 1.41 bits per heavy atom. The van der Waals surface area contributed by atoms with Crippen LogP contribution in [0.25, 0.3) is 0 Å². The lowest BCUT2D eigenvalue weighted by Crippen LogP contribution is -2.37. The number of rotatable bonds is 2. The smallest absolute Gasteiger partial charge is 0.330 e. The Labute approximate surface area is 94.1 Å². The van der Waals surface area contributed by atoms with Crippen molar-refractivity contribution in [2.24, 2.45) is 0 Å². The number of aliphatic hydroxyl groups is 2. The van der Waals surface area contributed by atoms with Crippen LogP contribution in [0.3, 0.4) is 0 Å². The minimum absolute atomic E-state index is 0.596. The van der Waals surface area contributed by atoms with Gasteiger partial charge in [-0.1, -0.05) is 0 Å². The van der Waals surface area contributed by atoms with E-state index in [-0.39, 0.29) is 0 Å². The highest BCUT2D eigenvalue weighted by molar-refractivity contribution is 4.92. The van der Waals surface area contributed by atoms with E-state index in [2.05, 4.69) is 0 Å². The zero-order valence-corrected chi connectivity index (χ0v) is 8.62. The summed E-state index contributed by atoms with van der Waals surface area (Å²) < 4.78 is 18.3. The highest BCUT2D eigenvalue weighted by Gasteiger charge is 2.43. The van der Waals surface area contributed by atoms with Crippen LogP contribution in [0.1, 0.15) is 6.23 Å². The van der Waals surface area contributed by atoms with Gasteiger partial charge in [0.05, 0.1) is 0 Å². The largest absolute Gasteiger partial charge is 0.387 e. The lowest BCUT2D eigenvalue weighted by atomic mass is 10.1. The molecular weight excluding hydrogens is 235 g/mol. The fourth-order valence-corrected chi connectivity index (χ4v) is 1.71. The lowest BCUT2D eigenvalue weighted by Gasteiger charge is -2.16. The van der Waals surface area contributed by atoms with Gasteiger partial charge in [-0.3, -0.25) is 14.3 Å². The van der Waals surface area contributed by atoms with Gasteiger partial charge < -0.3 is 14.9 Å². The minimum Gasteiger partial charge on any atom is -0.387 e. The molecule has 0 bridgehead atoms. The SMILES string of the molecule is O=c1ccn([C@@H]2O[C@@H](CF)[C@@H](O)[C@H]2O)c(=O)[nH]1. The molecule has 0 aliphatic carbocycles. The van der Waals surface area contributed by atoms with Gasteiger partial charge in [-0.2, -0.15) is 0 Å². The van der Waals surface area contributed by atoms with E-state index in [1.54, 1.807) is 0 Å². The van der Waals surface area contributed by atoms with Crippen molar-refractivity contribution >= 4 is 0 Å². The van der Waals surface area contributed by atoms with Crippen LogP contribution in [0, 0.1) is 0 Å². The topological polar surface area (TPSA) is 105 Å². The van der Waals surface area contributed by atoms with Crippen LogP contribution in [0.2, 0.25) is 0 Å². The molecular formula is C9H11FN2O5. The van der Waals surface area contributed by atoms with Crippen LogP contribution >= 0.6 is 0 Å². The first-order valence-corrected chi connectivity index (χ1v) is 4.93. The van der Waals surface area contributed by atoms with Gasteiger partial charge in [0.25, 0.3) is 5.56 Å². The molecule has 1 aliphatic rings. The molecule has 0 spiro atoms. The van der Waals surface area contributed by atoms with Gasteiger partial charge in [-0.15, -0.1) is 0 Å². The number of ether oxygens (including phenoxy) is 1. The summed E-state index contributed by atoms with van der Waals surface area (Å²) >= 11 is 0. The number of alkyl halides is 1. The molecule has 17 heavy (non-hydrogen) atoms. The van der Waals surface area contributed by atoms with Crippen LogP contribution in [0.5, 0.6) is 0 Å². The fraction of sp³-hybridized carbons (Fsp3) is 0.556. The molecule has 4 atom stereocenters. The summed E-state index contributed by atoms with van der Waals surface area (Å²) in [5.74, 6) is 0. The van der Waals surface area contributed by atoms with Gasteiger partial charge in [0, 0.05) is 12.3 Å². The Morgan fingerprint density at radius 3 is 2.65 bits per heavy atom. The second kappa shape index (κ2) is 4.40. The van der Waals surface area contributed by atoms with Crippen molar-refractivity contribution in [3.8, 4) is 0 Å². The monoisotopic (exact) mass is 246 g/mol. The van der Waals surface area contributed by atoms with Crippen molar-refractivity contribution in [2.75, 3.05) is 6.67 Å². The molecule has 0 saturated carbocycles. The third-order valence-electron chi connectivity index (χ3n) is 2.61. The van der Waals surface area contributed by atoms with E-state index in [9.17, 15) is 24.2 Å². The summed E-state index contributed by atoms with van der Waals surface area (Å²) in [5, 5.41) is 19.0. The number of aromatic nitrogens is 2. The molecule has 8 heteroatoms. The summed E-state index contributed by atoms with van der Waals surface area (Å²) in [5.41, 5.74) is -1.39. The quantitative estimate of drug-likeness (QED) is 0.567. The summed E-state index contributed by atoms with van der Waals surface area (Å²) in [6, 6.07) is 1.06. The molecule has 2 heterocycles. The third kappa shape index (κ3) is 2.02. The zero-order chi connectivity index (χ0) is 12.6. The van der Waals surface area contributed by atoms with E-state index in [1.807, 2.05) is 4.98 Å². The number of nitrogens with one attached hydrogen (secondary N) is 1. The van der Waals surface area contributed by atoms with Crippen molar-refractivity contribution < 1.29 is 19.3 Å². The summed E-state index contributed by atoms with van der Waals surface area (Å²) in [6.07, 6.45) is -4.13. The number of hydrogen-bond donors (Lipinski definition) is 3. The molecule has 1 fully saturated rings. The maximum Gasteiger partial charge on any atom is 0.330 e. The second-order valence-electron chi connectivity index (χ2n) is 3.72. The highest BCUT2D eigenvalue weighted by Crippen LogP contribution is 2.28. The number of hydrogen-bond acceptors (Lipinski definition) is 5. The minimum atomic E-state index is -1.43. The lowest BCUT2D eigenvalue weighted by molar-refractivity contribution is -0.0454. The standard InChI is InChI=1S/C9H11FN2O5/c10-3-4-6(14)7(15)8(17-4)12-2-1-5(13)11-9(12)16/h1-2,4,6-8,14-15H,3H2,(H,11,13,16)/t4-,6+,7+,8+/m0/s1. The molecule has 7 nitrogen and oxygen atoms in total. The molecule has 94 valence electrons. The first kappa shape index (κ1) is 12.0. The third-order valence-corrected chi connectivity index (χ3v) is 2.61. The molecule has 1 aromatic rings. The molecule has 3 N–H and O–H groups in total. The second-order valence-corrected chi connectivity index (χ2v) is 3.72. The van der Waals surface area contributed by atoms with Crippen molar-refractivity contribution in [3.05, 3.63) is 33.1 Å². The van der Waals surface area contributed by atoms with Crippen molar-refractivity contribution in [1.29, 1.82) is 0 Å². The van der Waals surface area contributed by atoms with Gasteiger partial charge in [-0.25, -0.2) is 9.18 Å². The summed E-state index contributed by atoms with van der Waals surface area (Å²) in [7, 11) is 0. The fourth-order valence-electron chi connectivity index (χ4n) is 1.71. The zero-order valence-electron chi connectivity index (χ0n) is 8.62. The Hall–Kier alpha value is -1.51. The Bertz CT molecular complexity index is 513. The van der Waals surface area contributed by atoms with Crippen LogP contribution in [-0.2, 0) is 4.74 Å². The number of H-pyrrole nitrogens is 1. The maximum absolute atomic E-state index is 12.4. The molecule has 1 saturated heterocycles. The molecule has 1 aromatic heterocycles. The van der Waals surface area contributed by atoms with E-state index in [0.29, 0.717) is 0 Å². The molecule has 1 aliphatic heterocycles. The Balaban J connectivity index is 2.35. The Kier molecular flexibility index (Phi) is 3.09. The molecule has 0 amide bonds. The van der Waals surface area contributed by atoms with Gasteiger partial charge >= 0.3 is 5.69 Å². The van der Waals surface area contributed by atoms with Gasteiger partial charge in [-0.05, 0) is 0 Å². The molecule has 2 rings (SSSR count). The average Bonchev–Trinajstić information content (AvgIpc) is 2.57. The first-order valence-electron chi connectivity index (χ1n) is 4.93. The van der Waals surface area contributed by atoms with Crippen molar-refractivity contribution in [1.82, 2.24) is 9.55 Å². The van der Waals surface area contributed by atoms with E-state index >= 15 is 0 Å². The van der Waals surface area contributed by atoms with Crippen molar-refractivity contribution in [2.45, 2.75) is 24.5 Å². The number of nitrogens with zero attached hydrogens (tertiary/aromatic N) is 1. The number of aliphatic hydroxyl groups excluding tert-OH is 2. The predicted molar refractivity (Wildman–Crippen MR) is 53.2 cm³/mol. The van der Waals surface area contributed by atoms with Crippen LogP contribution in [0.4, 0.5) is 4.39 Å². The highest BCUT2D eigenvalue weighted by atomic mass is 19.1. The molecule has 0 radical (unpaired) electrons. The van der Waals surface area contributed by atoms with Crippen LogP contribution < -0.4 is 11.2 Å². The van der Waals surface area contributed by atoms with Gasteiger partial charge in [0.15, 0.2) is 6.23 Å². The van der Waals surface area contributed by atoms with Crippen molar-refractivity contribution in [3.63, 3.8) is 0 Å². The predicted octanol–water partition coefficient (Wildman–Crippen LogP) is -1.87. The number of halogens is 1. The van der Waals surface area contributed by atoms with Gasteiger partial charge in [0.1, 0.15) is 25.0 Å². The molecule has 0 aromatic carbocycles. The molecule has 0 unspecified atom stereocenters. The first-order chi connectivity index (χ1) is 8.04. The van der Waals surface area contributed by atoms with Crippen LogP contribution in [0.15, 0.2) is 21.9 Å². The van der Waals surface area contributed by atoms with Crippen LogP contribution in [-0.4, -0.2) is 44.8 Å². The Morgan fingerprint density at radius 2 is 2.12 bits per heavy atom. The number of aromatic amines is 1. The van der Waals surface area contributed by atoms with E-state index in [4.69, 9.17) is 4.74 Å².